The summed E-state index contributed by atoms with van der Waals surface area (Å²) in [5, 5.41) is 2.58. The molecule has 1 aromatic heterocycles. The van der Waals surface area contributed by atoms with Crippen molar-refractivity contribution in [2.75, 3.05) is 4.90 Å². The van der Waals surface area contributed by atoms with Gasteiger partial charge in [-0.25, -0.2) is 0 Å². The van der Waals surface area contributed by atoms with E-state index in [2.05, 4.69) is 167 Å². The maximum absolute atomic E-state index is 2.54. The van der Waals surface area contributed by atoms with Gasteiger partial charge in [0.25, 0.3) is 0 Å². The molecule has 1 atom stereocenters. The first kappa shape index (κ1) is 26.0. The molecule has 2 aliphatic heterocycles. The van der Waals surface area contributed by atoms with Gasteiger partial charge in [-0.05, 0) is 105 Å². The van der Waals surface area contributed by atoms with Crippen molar-refractivity contribution in [3.05, 3.63) is 180 Å². The van der Waals surface area contributed by atoms with E-state index < -0.39 is 0 Å². The molecule has 0 N–H and O–H groups in total. The van der Waals surface area contributed by atoms with Gasteiger partial charge >= 0.3 is 0 Å². The summed E-state index contributed by atoms with van der Waals surface area (Å²) in [4.78, 5) is 2.54. The number of nitrogens with zero attached hydrogens (tertiary/aromatic N) is 2. The van der Waals surface area contributed by atoms with Gasteiger partial charge < -0.3 is 9.47 Å². The molecule has 3 heterocycles. The van der Waals surface area contributed by atoms with Gasteiger partial charge in [-0.1, -0.05) is 115 Å². The first-order chi connectivity index (χ1) is 24.3. The Morgan fingerprint density at radius 1 is 0.592 bits per heavy atom. The minimum atomic E-state index is 0.198. The van der Waals surface area contributed by atoms with Crippen LogP contribution in [0.15, 0.2) is 163 Å². The Bertz CT molecular complexity index is 2720. The van der Waals surface area contributed by atoms with Crippen LogP contribution in [0, 0.1) is 0 Å². The second-order valence-corrected chi connectivity index (χ2v) is 14.0. The largest absolute Gasteiger partial charge is 0.311 e. The highest BCUT2D eigenvalue weighted by atomic mass is 15.2. The van der Waals surface area contributed by atoms with Crippen LogP contribution in [-0.4, -0.2) is 11.3 Å². The van der Waals surface area contributed by atoms with Gasteiger partial charge in [0, 0.05) is 39.4 Å². The Balaban J connectivity index is 1.07. The van der Waals surface area contributed by atoms with Crippen molar-refractivity contribution in [2.24, 2.45) is 0 Å². The molecule has 7 aromatic rings. The lowest BCUT2D eigenvalue weighted by atomic mass is 9.37. The number of hydrogen-bond acceptors (Lipinski definition) is 1. The number of allylic oxidation sites excluding steroid dienone is 7. The van der Waals surface area contributed by atoms with Gasteiger partial charge in [0.05, 0.1) is 11.0 Å². The van der Waals surface area contributed by atoms with E-state index in [1.165, 1.54) is 99.9 Å². The fourth-order valence-electron chi connectivity index (χ4n) is 9.73. The number of aromatic nitrogens is 1. The molecular formula is C46H29BN2. The monoisotopic (exact) mass is 620 g/mol. The molecule has 6 aromatic carbocycles. The van der Waals surface area contributed by atoms with Crippen LogP contribution in [0.4, 0.5) is 17.1 Å². The van der Waals surface area contributed by atoms with Crippen molar-refractivity contribution < 1.29 is 0 Å². The van der Waals surface area contributed by atoms with Gasteiger partial charge in [-0.15, -0.1) is 0 Å². The third kappa shape index (κ3) is 3.32. The van der Waals surface area contributed by atoms with Crippen LogP contribution >= 0.6 is 0 Å². The summed E-state index contributed by atoms with van der Waals surface area (Å²) < 4.78 is 2.44. The van der Waals surface area contributed by atoms with Crippen LogP contribution in [0.25, 0.3) is 44.7 Å². The van der Waals surface area contributed by atoms with Crippen molar-refractivity contribution in [3.8, 4) is 16.8 Å². The Morgan fingerprint density at radius 2 is 1.39 bits per heavy atom. The van der Waals surface area contributed by atoms with Gasteiger partial charge in [0.2, 0.25) is 6.71 Å². The Labute approximate surface area is 285 Å². The molecule has 0 fully saturated rings. The second-order valence-electron chi connectivity index (χ2n) is 14.0. The summed E-state index contributed by atoms with van der Waals surface area (Å²) in [5.41, 5.74) is 21.5. The van der Waals surface area contributed by atoms with E-state index in [1.54, 1.807) is 0 Å². The van der Waals surface area contributed by atoms with E-state index >= 15 is 0 Å². The molecule has 0 bridgehead atoms. The minimum absolute atomic E-state index is 0.198. The van der Waals surface area contributed by atoms with E-state index in [0.717, 1.165) is 6.42 Å². The lowest BCUT2D eigenvalue weighted by Gasteiger charge is -2.38. The van der Waals surface area contributed by atoms with Crippen molar-refractivity contribution in [3.63, 3.8) is 0 Å². The number of hydrogen-bond donors (Lipinski definition) is 0. The summed E-state index contributed by atoms with van der Waals surface area (Å²) in [7, 11) is 0. The molecule has 49 heavy (non-hydrogen) atoms. The molecule has 2 nitrogen and oxygen atoms in total. The molecule has 0 saturated heterocycles. The van der Waals surface area contributed by atoms with Crippen molar-refractivity contribution in [1.29, 1.82) is 0 Å². The number of anilines is 3. The summed E-state index contributed by atoms with van der Waals surface area (Å²) in [6, 6.07) is 45.7. The number of rotatable bonds is 2. The van der Waals surface area contributed by atoms with E-state index in [9.17, 15) is 0 Å². The second kappa shape index (κ2) is 9.30. The summed E-state index contributed by atoms with van der Waals surface area (Å²) in [6.07, 6.45) is 14.9. The third-order valence-corrected chi connectivity index (χ3v) is 11.7. The number of para-hydroxylation sites is 3. The predicted octanol–water partition coefficient (Wildman–Crippen LogP) is 9.15. The van der Waals surface area contributed by atoms with E-state index in [1.807, 2.05) is 0 Å². The molecule has 1 unspecified atom stereocenters. The van der Waals surface area contributed by atoms with Gasteiger partial charge in [0.1, 0.15) is 0 Å². The summed E-state index contributed by atoms with van der Waals surface area (Å²) >= 11 is 0. The zero-order valence-electron chi connectivity index (χ0n) is 26.8. The third-order valence-electron chi connectivity index (χ3n) is 11.7. The smallest absolute Gasteiger partial charge is 0.248 e. The maximum atomic E-state index is 2.54. The normalized spacial score (nSPS) is 17.1. The molecule has 12 rings (SSSR count). The van der Waals surface area contributed by atoms with E-state index in [4.69, 9.17) is 0 Å². The minimum Gasteiger partial charge on any atom is -0.311 e. The highest BCUT2D eigenvalue weighted by Gasteiger charge is 2.42. The Kier molecular flexibility index (Phi) is 4.93. The average molecular weight is 621 g/mol. The van der Waals surface area contributed by atoms with E-state index in [-0.39, 0.29) is 6.71 Å². The van der Waals surface area contributed by atoms with Gasteiger partial charge in [-0.3, -0.25) is 0 Å². The zero-order valence-corrected chi connectivity index (χ0v) is 26.8. The first-order valence-corrected chi connectivity index (χ1v) is 17.4. The van der Waals surface area contributed by atoms with Crippen molar-refractivity contribution in [1.82, 2.24) is 4.57 Å². The van der Waals surface area contributed by atoms with Crippen molar-refractivity contribution in [2.45, 2.75) is 12.3 Å². The molecule has 3 heteroatoms. The van der Waals surface area contributed by atoms with Gasteiger partial charge in [-0.2, -0.15) is 0 Å². The van der Waals surface area contributed by atoms with Crippen LogP contribution in [0.3, 0.4) is 0 Å². The topological polar surface area (TPSA) is 8.17 Å². The standard InChI is InChI=1S/C46H29BN2/c1-4-15-40-34(11-1)35-12-2-5-16-41(35)48(40)32-23-24-38-37(27-32)36-13-8-18-43-46(36)47(38)39-14-3-6-17-42(39)49(43)33-25-30-21-19-28-9-7-10-29-20-22-31(26-33)45(30)44(28)29/h1-21,23-27,44H,22H2. The van der Waals surface area contributed by atoms with Crippen LogP contribution in [0.1, 0.15) is 22.6 Å². The quantitative estimate of drug-likeness (QED) is 0.175. The Morgan fingerprint density at radius 3 is 2.27 bits per heavy atom. The molecular weight excluding hydrogens is 591 g/mol. The molecule has 5 aliphatic rings. The van der Waals surface area contributed by atoms with Crippen molar-refractivity contribution >= 4 is 68.0 Å². The molecule has 0 saturated carbocycles. The highest BCUT2D eigenvalue weighted by Crippen LogP contribution is 2.49. The molecule has 226 valence electrons. The van der Waals surface area contributed by atoms with E-state index in [0.29, 0.717) is 5.92 Å². The molecule has 0 spiro atoms. The number of fused-ring (bicyclic) bond motifs is 8. The Hall–Kier alpha value is -6.06. The molecule has 0 radical (unpaired) electrons. The fourth-order valence-corrected chi connectivity index (χ4v) is 9.73. The average Bonchev–Trinajstić information content (AvgIpc) is 3.67. The fraction of sp³-hybridized carbons (Fsp3) is 0.0435. The highest BCUT2D eigenvalue weighted by molar-refractivity contribution is 7.01. The maximum Gasteiger partial charge on any atom is 0.248 e. The predicted molar refractivity (Wildman–Crippen MR) is 206 cm³/mol. The SMILES string of the molecule is C1=CC2=CCc3cc(N4c5ccccc5B5c6ccc(-n7c8ccccc8c8ccccc87)cc6-c6cccc4c65)cc4c3C2C(=C1)C=C4. The first-order valence-electron chi connectivity index (χ1n) is 17.4. The molecule has 0 amide bonds. The van der Waals surface area contributed by atoms with Crippen LogP contribution in [-0.2, 0) is 6.42 Å². The summed E-state index contributed by atoms with van der Waals surface area (Å²) in [6.45, 7) is 0.198. The molecule has 3 aliphatic carbocycles. The van der Waals surface area contributed by atoms with Crippen LogP contribution < -0.4 is 21.3 Å². The summed E-state index contributed by atoms with van der Waals surface area (Å²) in [5.74, 6) is 0.361. The van der Waals surface area contributed by atoms with Gasteiger partial charge in [0.15, 0.2) is 0 Å². The lowest BCUT2D eigenvalue weighted by molar-refractivity contribution is 0.892. The zero-order chi connectivity index (χ0) is 31.8. The lowest BCUT2D eigenvalue weighted by Crippen LogP contribution is -2.54. The van der Waals surface area contributed by atoms with Crippen LogP contribution in [0.5, 0.6) is 0 Å². The van der Waals surface area contributed by atoms with Crippen LogP contribution in [0.2, 0.25) is 0 Å². The number of benzene rings is 6.